The lowest BCUT2D eigenvalue weighted by Crippen LogP contribution is -2.05. The van der Waals surface area contributed by atoms with E-state index in [0.717, 1.165) is 17.7 Å². The molecule has 0 amide bonds. The summed E-state index contributed by atoms with van der Waals surface area (Å²) in [4.78, 5) is 25.3. The lowest BCUT2D eigenvalue weighted by Gasteiger charge is -2.09. The van der Waals surface area contributed by atoms with Crippen LogP contribution in [0.4, 0.5) is 0 Å². The molecule has 5 aromatic carbocycles. The molecule has 0 radical (unpaired) electrons. The van der Waals surface area contributed by atoms with Crippen LogP contribution in [0.15, 0.2) is 127 Å². The van der Waals surface area contributed by atoms with E-state index in [1.54, 1.807) is 72.8 Å². The van der Waals surface area contributed by atoms with Crippen molar-refractivity contribution in [3.05, 3.63) is 155 Å². The predicted octanol–water partition coefficient (Wildman–Crippen LogP) is 8.42. The number of esters is 1. The van der Waals surface area contributed by atoms with E-state index in [1.807, 2.05) is 54.6 Å². The van der Waals surface area contributed by atoms with Gasteiger partial charge in [0.2, 0.25) is 0 Å². The highest BCUT2D eigenvalue weighted by Crippen LogP contribution is 2.25. The van der Waals surface area contributed by atoms with E-state index in [9.17, 15) is 9.59 Å². The molecule has 0 aliphatic rings. The zero-order chi connectivity index (χ0) is 27.7. The fourth-order valence-electron chi connectivity index (χ4n) is 4.05. The lowest BCUT2D eigenvalue weighted by atomic mass is 10.0. The Kier molecular flexibility index (Phi) is 8.32. The van der Waals surface area contributed by atoms with Crippen LogP contribution in [0, 0.1) is 0 Å². The Labute approximate surface area is 233 Å². The average Bonchev–Trinajstić information content (AvgIpc) is 3.01. The second-order valence-corrected chi connectivity index (χ2v) is 9.17. The molecule has 198 valence electrons. The largest absolute Gasteiger partial charge is 0.457 e. The summed E-state index contributed by atoms with van der Waals surface area (Å²) in [6.07, 6.45) is 0.977. The molecule has 0 bridgehead atoms. The van der Waals surface area contributed by atoms with Crippen molar-refractivity contribution in [1.29, 1.82) is 0 Å². The van der Waals surface area contributed by atoms with Crippen LogP contribution < -0.4 is 9.47 Å². The van der Waals surface area contributed by atoms with Gasteiger partial charge < -0.3 is 14.2 Å². The Morgan fingerprint density at radius 3 is 1.38 bits per heavy atom. The molecular formula is C35H28O5. The third-order valence-corrected chi connectivity index (χ3v) is 6.34. The molecule has 0 atom stereocenters. The molecule has 0 aromatic heterocycles. The Morgan fingerprint density at radius 2 is 0.925 bits per heavy atom. The van der Waals surface area contributed by atoms with Crippen LogP contribution >= 0.6 is 0 Å². The van der Waals surface area contributed by atoms with Crippen LogP contribution in [0.2, 0.25) is 0 Å². The number of aryl methyl sites for hydroxylation is 1. The van der Waals surface area contributed by atoms with Crippen molar-refractivity contribution >= 4 is 11.8 Å². The normalized spacial score (nSPS) is 10.5. The second-order valence-electron chi connectivity index (χ2n) is 9.17. The minimum absolute atomic E-state index is 0.0937. The molecule has 0 aliphatic carbocycles. The molecule has 0 spiro atoms. The third kappa shape index (κ3) is 6.83. The lowest BCUT2D eigenvalue weighted by molar-refractivity contribution is 0.0472. The highest BCUT2D eigenvalue weighted by Gasteiger charge is 2.11. The SMILES string of the molecule is CCc1ccc(Oc2ccc(C(=O)c3ccc(Oc4ccc(C(=O)OCc5ccccc5)cc4)cc3)cc2)cc1. The first-order valence-corrected chi connectivity index (χ1v) is 13.1. The van der Waals surface area contributed by atoms with Crippen molar-refractivity contribution in [2.75, 3.05) is 0 Å². The molecule has 0 saturated heterocycles. The Bertz CT molecular complexity index is 1560. The van der Waals surface area contributed by atoms with E-state index in [2.05, 4.69) is 6.92 Å². The van der Waals surface area contributed by atoms with Gasteiger partial charge in [-0.25, -0.2) is 4.79 Å². The maximum atomic E-state index is 13.0. The zero-order valence-electron chi connectivity index (χ0n) is 22.1. The fraction of sp³-hybridized carbons (Fsp3) is 0.0857. The first-order valence-electron chi connectivity index (χ1n) is 13.1. The minimum Gasteiger partial charge on any atom is -0.457 e. The number of carbonyl (C=O) groups excluding carboxylic acids is 2. The first kappa shape index (κ1) is 26.4. The zero-order valence-corrected chi connectivity index (χ0v) is 22.1. The molecule has 0 fully saturated rings. The topological polar surface area (TPSA) is 61.8 Å². The number of carbonyl (C=O) groups is 2. The third-order valence-electron chi connectivity index (χ3n) is 6.34. The summed E-state index contributed by atoms with van der Waals surface area (Å²) in [5, 5.41) is 0. The summed E-state index contributed by atoms with van der Waals surface area (Å²) in [5.41, 5.74) is 3.73. The summed E-state index contributed by atoms with van der Waals surface area (Å²) >= 11 is 0. The van der Waals surface area contributed by atoms with Crippen LogP contribution in [0.25, 0.3) is 0 Å². The van der Waals surface area contributed by atoms with Gasteiger partial charge >= 0.3 is 5.97 Å². The first-order chi connectivity index (χ1) is 19.6. The van der Waals surface area contributed by atoms with Gasteiger partial charge in [-0.3, -0.25) is 4.79 Å². The number of rotatable bonds is 10. The summed E-state index contributed by atoms with van der Waals surface area (Å²) in [6.45, 7) is 2.33. The Hall–Kier alpha value is -5.16. The van der Waals surface area contributed by atoms with Crippen molar-refractivity contribution in [2.24, 2.45) is 0 Å². The molecule has 0 unspecified atom stereocenters. The van der Waals surface area contributed by atoms with E-state index in [0.29, 0.717) is 33.9 Å². The highest BCUT2D eigenvalue weighted by molar-refractivity contribution is 6.09. The quantitative estimate of drug-likeness (QED) is 0.134. The van der Waals surface area contributed by atoms with E-state index in [-0.39, 0.29) is 12.4 Å². The van der Waals surface area contributed by atoms with Gasteiger partial charge in [-0.15, -0.1) is 0 Å². The van der Waals surface area contributed by atoms with Crippen LogP contribution in [0.3, 0.4) is 0 Å². The Morgan fingerprint density at radius 1 is 0.500 bits per heavy atom. The molecule has 5 aromatic rings. The molecule has 0 saturated carbocycles. The molecular weight excluding hydrogens is 500 g/mol. The van der Waals surface area contributed by atoms with Crippen molar-refractivity contribution in [3.8, 4) is 23.0 Å². The average molecular weight is 529 g/mol. The van der Waals surface area contributed by atoms with Crippen molar-refractivity contribution in [2.45, 2.75) is 20.0 Å². The van der Waals surface area contributed by atoms with Gasteiger partial charge in [0.15, 0.2) is 5.78 Å². The van der Waals surface area contributed by atoms with E-state index >= 15 is 0 Å². The van der Waals surface area contributed by atoms with E-state index in [1.165, 1.54) is 5.56 Å². The summed E-state index contributed by atoms with van der Waals surface area (Å²) < 4.78 is 17.1. The van der Waals surface area contributed by atoms with Gasteiger partial charge in [-0.2, -0.15) is 0 Å². The molecule has 5 rings (SSSR count). The van der Waals surface area contributed by atoms with Gasteiger partial charge in [-0.1, -0.05) is 49.4 Å². The standard InChI is InChI=1S/C35H28O5/c1-2-25-8-16-30(17-9-25)39-31-18-10-27(11-19-31)34(36)28-12-20-32(21-13-28)40-33-22-14-29(15-23-33)35(37)38-24-26-6-4-3-5-7-26/h3-23H,2,24H2,1H3. The van der Waals surface area contributed by atoms with Gasteiger partial charge in [0.1, 0.15) is 29.6 Å². The van der Waals surface area contributed by atoms with Gasteiger partial charge in [0, 0.05) is 11.1 Å². The molecule has 0 heterocycles. The fourth-order valence-corrected chi connectivity index (χ4v) is 4.05. The van der Waals surface area contributed by atoms with E-state index in [4.69, 9.17) is 14.2 Å². The molecule has 40 heavy (non-hydrogen) atoms. The second kappa shape index (κ2) is 12.6. The number of benzene rings is 5. The predicted molar refractivity (Wildman–Crippen MR) is 154 cm³/mol. The number of ketones is 1. The maximum Gasteiger partial charge on any atom is 0.338 e. The summed E-state index contributed by atoms with van der Waals surface area (Å²) in [5.74, 6) is 2.07. The van der Waals surface area contributed by atoms with Gasteiger partial charge in [-0.05, 0) is 102 Å². The molecule has 0 aliphatic heterocycles. The minimum atomic E-state index is -0.400. The molecule has 5 nitrogen and oxygen atoms in total. The van der Waals surface area contributed by atoms with Gasteiger partial charge in [0.25, 0.3) is 0 Å². The monoisotopic (exact) mass is 528 g/mol. The van der Waals surface area contributed by atoms with Crippen LogP contribution in [0.1, 0.15) is 44.3 Å². The van der Waals surface area contributed by atoms with E-state index < -0.39 is 5.97 Å². The number of ether oxygens (including phenoxy) is 3. The number of hydrogen-bond donors (Lipinski definition) is 0. The van der Waals surface area contributed by atoms with Crippen molar-refractivity contribution < 1.29 is 23.8 Å². The van der Waals surface area contributed by atoms with Crippen LogP contribution in [0.5, 0.6) is 23.0 Å². The number of hydrogen-bond acceptors (Lipinski definition) is 5. The van der Waals surface area contributed by atoms with Gasteiger partial charge in [0.05, 0.1) is 5.56 Å². The van der Waals surface area contributed by atoms with Crippen molar-refractivity contribution in [3.63, 3.8) is 0 Å². The van der Waals surface area contributed by atoms with Crippen LogP contribution in [-0.2, 0) is 17.8 Å². The van der Waals surface area contributed by atoms with Crippen LogP contribution in [-0.4, -0.2) is 11.8 Å². The Balaban J connectivity index is 1.15. The molecule has 0 N–H and O–H groups in total. The highest BCUT2D eigenvalue weighted by atomic mass is 16.5. The maximum absolute atomic E-state index is 13.0. The smallest absolute Gasteiger partial charge is 0.338 e. The van der Waals surface area contributed by atoms with Crippen molar-refractivity contribution in [1.82, 2.24) is 0 Å². The summed E-state index contributed by atoms with van der Waals surface area (Å²) in [7, 11) is 0. The summed E-state index contributed by atoms with van der Waals surface area (Å²) in [6, 6.07) is 38.3. The molecule has 5 heteroatoms.